The number of carbonyl (C=O) groups excluding carboxylic acids is 2. The van der Waals surface area contributed by atoms with E-state index in [1.807, 2.05) is 24.3 Å². The Bertz CT molecular complexity index is 665. The summed E-state index contributed by atoms with van der Waals surface area (Å²) in [5.41, 5.74) is 2.43. The summed E-state index contributed by atoms with van der Waals surface area (Å²) in [4.78, 5) is 22.6. The van der Waals surface area contributed by atoms with Crippen molar-refractivity contribution in [3.05, 3.63) is 59.7 Å². The van der Waals surface area contributed by atoms with Gasteiger partial charge in [0.2, 0.25) is 0 Å². The molecule has 0 saturated heterocycles. The van der Waals surface area contributed by atoms with Crippen LogP contribution in [-0.4, -0.2) is 18.8 Å². The van der Waals surface area contributed by atoms with Crippen molar-refractivity contribution in [1.82, 2.24) is 0 Å². The van der Waals surface area contributed by atoms with Crippen LogP contribution in [0.5, 0.6) is 5.75 Å². The van der Waals surface area contributed by atoms with Gasteiger partial charge in [-0.15, -0.1) is 0 Å². The summed E-state index contributed by atoms with van der Waals surface area (Å²) in [6, 6.07) is 14.4. The van der Waals surface area contributed by atoms with E-state index in [0.29, 0.717) is 17.2 Å². The largest absolute Gasteiger partial charge is 0.484 e. The topological polar surface area (TPSA) is 55.4 Å². The molecule has 4 heteroatoms. The average Bonchev–Trinajstić information content (AvgIpc) is 2.53. The molecule has 0 aliphatic rings. The molecule has 1 amide bonds. The van der Waals surface area contributed by atoms with Crippen LogP contribution >= 0.6 is 0 Å². The molecule has 0 heterocycles. The highest BCUT2D eigenvalue weighted by Crippen LogP contribution is 2.18. The lowest BCUT2D eigenvalue weighted by molar-refractivity contribution is -0.118. The van der Waals surface area contributed by atoms with E-state index in [2.05, 4.69) is 19.2 Å². The van der Waals surface area contributed by atoms with Crippen LogP contribution in [0.15, 0.2) is 48.5 Å². The summed E-state index contributed by atoms with van der Waals surface area (Å²) in [6.07, 6.45) is 0.740. The number of ether oxygens (including phenoxy) is 1. The summed E-state index contributed by atoms with van der Waals surface area (Å²) in [6.45, 7) is 4.10. The molecule has 2 aromatic carbocycles. The molecular formula is C18H19NO3. The molecule has 0 unspecified atom stereocenters. The molecule has 2 rings (SSSR count). The second kappa shape index (κ2) is 7.41. The lowest BCUT2D eigenvalue weighted by Gasteiger charge is -2.10. The van der Waals surface area contributed by atoms with Gasteiger partial charge in [0.05, 0.1) is 0 Å². The summed E-state index contributed by atoms with van der Waals surface area (Å²) >= 11 is 0. The lowest BCUT2D eigenvalue weighted by atomic mass is 10.0. The van der Waals surface area contributed by atoms with Crippen LogP contribution in [0, 0.1) is 0 Å². The average molecular weight is 297 g/mol. The number of benzene rings is 2. The third-order valence-electron chi connectivity index (χ3n) is 3.20. The molecule has 0 bridgehead atoms. The number of rotatable bonds is 6. The predicted octanol–water partition coefficient (Wildman–Crippen LogP) is 3.64. The summed E-state index contributed by atoms with van der Waals surface area (Å²) in [5.74, 6) is 0.660. The first-order chi connectivity index (χ1) is 10.6. The van der Waals surface area contributed by atoms with Gasteiger partial charge in [-0.25, -0.2) is 0 Å². The van der Waals surface area contributed by atoms with Gasteiger partial charge in [-0.3, -0.25) is 9.59 Å². The van der Waals surface area contributed by atoms with Crippen LogP contribution in [0.3, 0.4) is 0 Å². The maximum atomic E-state index is 11.9. The first kappa shape index (κ1) is 15.8. The van der Waals surface area contributed by atoms with Crippen molar-refractivity contribution in [3.63, 3.8) is 0 Å². The van der Waals surface area contributed by atoms with Gasteiger partial charge in [-0.05, 0) is 35.7 Å². The van der Waals surface area contributed by atoms with Gasteiger partial charge in [0.25, 0.3) is 5.91 Å². The van der Waals surface area contributed by atoms with Crippen LogP contribution < -0.4 is 10.1 Å². The van der Waals surface area contributed by atoms with Crippen LogP contribution in [0.25, 0.3) is 0 Å². The van der Waals surface area contributed by atoms with E-state index < -0.39 is 0 Å². The predicted molar refractivity (Wildman–Crippen MR) is 86.5 cm³/mol. The van der Waals surface area contributed by atoms with Crippen molar-refractivity contribution in [2.45, 2.75) is 19.8 Å². The smallest absolute Gasteiger partial charge is 0.262 e. The number of hydrogen-bond donors (Lipinski definition) is 1. The van der Waals surface area contributed by atoms with Crippen molar-refractivity contribution < 1.29 is 14.3 Å². The molecule has 22 heavy (non-hydrogen) atoms. The van der Waals surface area contributed by atoms with Gasteiger partial charge in [0, 0.05) is 11.3 Å². The van der Waals surface area contributed by atoms with Crippen LogP contribution in [0.2, 0.25) is 0 Å². The molecule has 0 saturated carbocycles. The van der Waals surface area contributed by atoms with Gasteiger partial charge in [0.1, 0.15) is 12.0 Å². The number of hydrogen-bond acceptors (Lipinski definition) is 3. The zero-order chi connectivity index (χ0) is 15.9. The van der Waals surface area contributed by atoms with E-state index in [-0.39, 0.29) is 12.5 Å². The molecule has 0 aromatic heterocycles. The van der Waals surface area contributed by atoms with E-state index in [4.69, 9.17) is 4.74 Å². The maximum Gasteiger partial charge on any atom is 0.262 e. The van der Waals surface area contributed by atoms with E-state index in [0.717, 1.165) is 17.5 Å². The zero-order valence-corrected chi connectivity index (χ0v) is 12.7. The molecule has 1 N–H and O–H groups in total. The van der Waals surface area contributed by atoms with E-state index in [1.54, 1.807) is 24.3 Å². The fraction of sp³-hybridized carbons (Fsp3) is 0.222. The van der Waals surface area contributed by atoms with E-state index in [9.17, 15) is 9.59 Å². The minimum atomic E-state index is -0.239. The lowest BCUT2D eigenvalue weighted by Crippen LogP contribution is -2.20. The molecular weight excluding hydrogens is 278 g/mol. The summed E-state index contributed by atoms with van der Waals surface area (Å²) in [7, 11) is 0. The van der Waals surface area contributed by atoms with Crippen molar-refractivity contribution >= 4 is 17.9 Å². The highest BCUT2D eigenvalue weighted by atomic mass is 16.5. The number of amides is 1. The van der Waals surface area contributed by atoms with Crippen LogP contribution in [-0.2, 0) is 4.79 Å². The van der Waals surface area contributed by atoms with Crippen LogP contribution in [0.1, 0.15) is 35.7 Å². The van der Waals surface area contributed by atoms with E-state index in [1.165, 1.54) is 0 Å². The Kier molecular flexibility index (Phi) is 5.31. The number of carbonyl (C=O) groups is 2. The van der Waals surface area contributed by atoms with Crippen molar-refractivity contribution in [2.24, 2.45) is 0 Å². The second-order valence-electron chi connectivity index (χ2n) is 5.31. The Labute approximate surface area is 130 Å². The summed E-state index contributed by atoms with van der Waals surface area (Å²) < 4.78 is 5.39. The first-order valence-corrected chi connectivity index (χ1v) is 7.16. The van der Waals surface area contributed by atoms with Gasteiger partial charge < -0.3 is 10.1 Å². The molecule has 0 aliphatic heterocycles. The van der Waals surface area contributed by atoms with Crippen LogP contribution in [0.4, 0.5) is 5.69 Å². The maximum absolute atomic E-state index is 11.9. The van der Waals surface area contributed by atoms with Gasteiger partial charge in [-0.1, -0.05) is 38.1 Å². The Morgan fingerprint density at radius 3 is 2.68 bits per heavy atom. The molecule has 0 radical (unpaired) electrons. The standard InChI is InChI=1S/C18H19NO3/c1-13(2)15-6-4-7-16(10-15)19-18(21)12-22-17-8-3-5-14(9-17)11-20/h3-11,13H,12H2,1-2H3,(H,19,21). The highest BCUT2D eigenvalue weighted by molar-refractivity contribution is 5.92. The van der Waals surface area contributed by atoms with Gasteiger partial charge in [0.15, 0.2) is 6.61 Å². The zero-order valence-electron chi connectivity index (χ0n) is 12.7. The van der Waals surface area contributed by atoms with Crippen molar-refractivity contribution in [3.8, 4) is 5.75 Å². The molecule has 4 nitrogen and oxygen atoms in total. The Morgan fingerprint density at radius 2 is 1.95 bits per heavy atom. The molecule has 0 atom stereocenters. The fourth-order valence-electron chi connectivity index (χ4n) is 2.00. The SMILES string of the molecule is CC(C)c1cccc(NC(=O)COc2cccc(C=O)c2)c1. The van der Waals surface area contributed by atoms with Crippen molar-refractivity contribution in [2.75, 3.05) is 11.9 Å². The number of aldehydes is 1. The Morgan fingerprint density at radius 1 is 1.18 bits per heavy atom. The Hall–Kier alpha value is -2.62. The van der Waals surface area contributed by atoms with Gasteiger partial charge >= 0.3 is 0 Å². The molecule has 0 spiro atoms. The molecule has 0 fully saturated rings. The van der Waals surface area contributed by atoms with E-state index >= 15 is 0 Å². The third kappa shape index (κ3) is 4.45. The van der Waals surface area contributed by atoms with Crippen molar-refractivity contribution in [1.29, 1.82) is 0 Å². The Balaban J connectivity index is 1.92. The number of nitrogens with one attached hydrogen (secondary N) is 1. The normalized spacial score (nSPS) is 10.3. The summed E-state index contributed by atoms with van der Waals surface area (Å²) in [5, 5.41) is 2.80. The second-order valence-corrected chi connectivity index (χ2v) is 5.31. The number of anilines is 1. The fourth-order valence-corrected chi connectivity index (χ4v) is 2.00. The quantitative estimate of drug-likeness (QED) is 0.828. The van der Waals surface area contributed by atoms with Gasteiger partial charge in [-0.2, -0.15) is 0 Å². The highest BCUT2D eigenvalue weighted by Gasteiger charge is 2.06. The minimum absolute atomic E-state index is 0.103. The minimum Gasteiger partial charge on any atom is -0.484 e. The molecule has 114 valence electrons. The third-order valence-corrected chi connectivity index (χ3v) is 3.20. The first-order valence-electron chi connectivity index (χ1n) is 7.16. The molecule has 2 aromatic rings. The monoisotopic (exact) mass is 297 g/mol. The molecule has 0 aliphatic carbocycles.